The number of hydrogen-bond acceptors (Lipinski definition) is 5. The second kappa shape index (κ2) is 8.10. The Bertz CT molecular complexity index is 999. The standard InChI is InChI=1S/C18H12F6N2O4/c1-8-9(2)30-15(13(8)6-25)26-14(27)7-29-16(28)10-3-11(17(19,20)21)5-12(4-10)18(22,23)24/h3-5H,7H2,1-2H3,(H,26,27). The molecular formula is C18H12F6N2O4. The molecule has 1 amide bonds. The first-order chi connectivity index (χ1) is 13.7. The molecule has 0 saturated heterocycles. The molecule has 160 valence electrons. The number of amides is 1. The van der Waals surface area contributed by atoms with Gasteiger partial charge in [0.25, 0.3) is 5.91 Å². The number of carbonyl (C=O) groups is 2. The molecule has 1 heterocycles. The van der Waals surface area contributed by atoms with E-state index in [1.165, 1.54) is 6.92 Å². The molecule has 0 aliphatic heterocycles. The summed E-state index contributed by atoms with van der Waals surface area (Å²) in [5, 5.41) is 11.2. The first kappa shape index (κ1) is 22.8. The third-order valence-corrected chi connectivity index (χ3v) is 3.91. The highest BCUT2D eigenvalue weighted by molar-refractivity contribution is 5.95. The summed E-state index contributed by atoms with van der Waals surface area (Å²) >= 11 is 0. The van der Waals surface area contributed by atoms with Gasteiger partial charge in [0, 0.05) is 5.56 Å². The minimum atomic E-state index is -5.14. The van der Waals surface area contributed by atoms with Gasteiger partial charge in [-0.2, -0.15) is 31.6 Å². The van der Waals surface area contributed by atoms with Crippen LogP contribution in [0.5, 0.6) is 0 Å². The lowest BCUT2D eigenvalue weighted by Crippen LogP contribution is -2.22. The van der Waals surface area contributed by atoms with E-state index in [1.807, 2.05) is 0 Å². The van der Waals surface area contributed by atoms with Crippen molar-refractivity contribution in [2.24, 2.45) is 0 Å². The van der Waals surface area contributed by atoms with Gasteiger partial charge >= 0.3 is 18.3 Å². The fourth-order valence-electron chi connectivity index (χ4n) is 2.30. The average Bonchev–Trinajstić information content (AvgIpc) is 2.90. The van der Waals surface area contributed by atoms with Crippen molar-refractivity contribution in [3.63, 3.8) is 0 Å². The number of nitriles is 1. The number of aryl methyl sites for hydroxylation is 1. The van der Waals surface area contributed by atoms with Gasteiger partial charge in [-0.1, -0.05) is 0 Å². The largest absolute Gasteiger partial charge is 0.452 e. The zero-order valence-corrected chi connectivity index (χ0v) is 15.3. The van der Waals surface area contributed by atoms with Gasteiger partial charge in [0.2, 0.25) is 5.88 Å². The Labute approximate surface area is 165 Å². The summed E-state index contributed by atoms with van der Waals surface area (Å²) in [6, 6.07) is 2.01. The number of alkyl halides is 6. The lowest BCUT2D eigenvalue weighted by atomic mass is 10.0. The molecule has 30 heavy (non-hydrogen) atoms. The van der Waals surface area contributed by atoms with E-state index in [-0.39, 0.29) is 29.6 Å². The van der Waals surface area contributed by atoms with Crippen LogP contribution >= 0.6 is 0 Å². The van der Waals surface area contributed by atoms with Crippen molar-refractivity contribution >= 4 is 17.8 Å². The number of nitrogens with one attached hydrogen (secondary N) is 1. The van der Waals surface area contributed by atoms with Crippen LogP contribution in [0.4, 0.5) is 32.2 Å². The molecule has 1 aromatic carbocycles. The van der Waals surface area contributed by atoms with E-state index < -0.39 is 47.5 Å². The SMILES string of the molecule is Cc1oc(NC(=O)COC(=O)c2cc(C(F)(F)F)cc(C(F)(F)F)c2)c(C#N)c1C. The Balaban J connectivity index is 2.17. The number of benzene rings is 1. The molecule has 1 N–H and O–H groups in total. The van der Waals surface area contributed by atoms with Gasteiger partial charge in [-0.15, -0.1) is 0 Å². The van der Waals surface area contributed by atoms with Gasteiger partial charge in [-0.3, -0.25) is 10.1 Å². The van der Waals surface area contributed by atoms with Crippen molar-refractivity contribution < 1.29 is 45.1 Å². The zero-order chi connectivity index (χ0) is 22.9. The summed E-state index contributed by atoms with van der Waals surface area (Å²) in [5.41, 5.74) is -3.97. The van der Waals surface area contributed by atoms with Gasteiger partial charge in [-0.25, -0.2) is 4.79 Å². The molecule has 6 nitrogen and oxygen atoms in total. The molecule has 0 aliphatic carbocycles. The van der Waals surface area contributed by atoms with Gasteiger partial charge in [0.05, 0.1) is 16.7 Å². The number of rotatable bonds is 4. The summed E-state index contributed by atoms with van der Waals surface area (Å²) in [6.07, 6.45) is -10.3. The van der Waals surface area contributed by atoms with E-state index in [2.05, 4.69) is 10.1 Å². The summed E-state index contributed by atoms with van der Waals surface area (Å²) in [7, 11) is 0. The molecule has 0 saturated carbocycles. The van der Waals surface area contributed by atoms with Crippen LogP contribution in [0.25, 0.3) is 0 Å². The normalized spacial score (nSPS) is 11.7. The molecule has 2 aromatic rings. The van der Waals surface area contributed by atoms with Crippen LogP contribution < -0.4 is 5.32 Å². The molecule has 0 aliphatic rings. The maximum atomic E-state index is 12.8. The highest BCUT2D eigenvalue weighted by Gasteiger charge is 2.37. The monoisotopic (exact) mass is 434 g/mol. The van der Waals surface area contributed by atoms with Crippen LogP contribution in [0.2, 0.25) is 0 Å². The number of nitrogens with zero attached hydrogens (tertiary/aromatic N) is 1. The fourth-order valence-corrected chi connectivity index (χ4v) is 2.30. The Morgan fingerprint density at radius 2 is 1.60 bits per heavy atom. The number of halogens is 6. The number of ether oxygens (including phenoxy) is 1. The second-order valence-electron chi connectivity index (χ2n) is 6.02. The fraction of sp³-hybridized carbons (Fsp3) is 0.278. The van der Waals surface area contributed by atoms with Crippen molar-refractivity contribution in [3.05, 3.63) is 51.8 Å². The molecular weight excluding hydrogens is 422 g/mol. The minimum absolute atomic E-state index is 0.0138. The zero-order valence-electron chi connectivity index (χ0n) is 15.3. The van der Waals surface area contributed by atoms with E-state index in [0.29, 0.717) is 11.3 Å². The van der Waals surface area contributed by atoms with Gasteiger partial charge in [0.15, 0.2) is 6.61 Å². The molecule has 0 bridgehead atoms. The highest BCUT2D eigenvalue weighted by Crippen LogP contribution is 2.36. The number of anilines is 1. The summed E-state index contributed by atoms with van der Waals surface area (Å²) in [5.74, 6) is -2.49. The quantitative estimate of drug-likeness (QED) is 0.561. The lowest BCUT2D eigenvalue weighted by Gasteiger charge is -2.13. The van der Waals surface area contributed by atoms with Gasteiger partial charge in [0.1, 0.15) is 17.4 Å². The molecule has 2 rings (SSSR count). The van der Waals surface area contributed by atoms with Crippen molar-refractivity contribution in [1.29, 1.82) is 5.26 Å². The van der Waals surface area contributed by atoms with Crippen LogP contribution in [0.3, 0.4) is 0 Å². The topological polar surface area (TPSA) is 92.3 Å². The van der Waals surface area contributed by atoms with Gasteiger partial charge in [-0.05, 0) is 32.0 Å². The predicted octanol–water partition coefficient (Wildman–Crippen LogP) is 4.60. The maximum Gasteiger partial charge on any atom is 0.416 e. The number of hydrogen-bond donors (Lipinski definition) is 1. The summed E-state index contributed by atoms with van der Waals surface area (Å²) in [4.78, 5) is 23.8. The molecule has 1 aromatic heterocycles. The number of furan rings is 1. The first-order valence-corrected chi connectivity index (χ1v) is 8.00. The number of carbonyl (C=O) groups excluding carboxylic acids is 2. The van der Waals surface area contributed by atoms with E-state index in [0.717, 1.165) is 0 Å². The van der Waals surface area contributed by atoms with Crippen molar-refractivity contribution in [3.8, 4) is 6.07 Å². The molecule has 0 radical (unpaired) electrons. The van der Waals surface area contributed by atoms with Crippen molar-refractivity contribution in [2.45, 2.75) is 26.2 Å². The van der Waals surface area contributed by atoms with Crippen LogP contribution in [0.1, 0.15) is 38.4 Å². The van der Waals surface area contributed by atoms with Crippen LogP contribution in [0.15, 0.2) is 22.6 Å². The third kappa shape index (κ3) is 5.11. The molecule has 0 fully saturated rings. The molecule has 0 unspecified atom stereocenters. The summed E-state index contributed by atoms with van der Waals surface area (Å²) < 4.78 is 86.7. The Kier molecular flexibility index (Phi) is 6.15. The smallest absolute Gasteiger partial charge is 0.416 e. The second-order valence-corrected chi connectivity index (χ2v) is 6.02. The molecule has 12 heteroatoms. The first-order valence-electron chi connectivity index (χ1n) is 8.00. The van der Waals surface area contributed by atoms with E-state index in [4.69, 9.17) is 9.68 Å². The van der Waals surface area contributed by atoms with Crippen LogP contribution in [-0.4, -0.2) is 18.5 Å². The van der Waals surface area contributed by atoms with E-state index in [9.17, 15) is 35.9 Å². The minimum Gasteiger partial charge on any atom is -0.452 e. The lowest BCUT2D eigenvalue weighted by molar-refractivity contribution is -0.143. The maximum absolute atomic E-state index is 12.8. The molecule has 0 spiro atoms. The summed E-state index contributed by atoms with van der Waals surface area (Å²) in [6.45, 7) is 2.04. The van der Waals surface area contributed by atoms with Crippen LogP contribution in [0, 0.1) is 25.2 Å². The third-order valence-electron chi connectivity index (χ3n) is 3.91. The highest BCUT2D eigenvalue weighted by atomic mass is 19.4. The van der Waals surface area contributed by atoms with Crippen LogP contribution in [-0.2, 0) is 21.9 Å². The van der Waals surface area contributed by atoms with E-state index in [1.54, 1.807) is 13.0 Å². The average molecular weight is 434 g/mol. The number of esters is 1. The Morgan fingerprint density at radius 1 is 1.07 bits per heavy atom. The predicted molar refractivity (Wildman–Crippen MR) is 88.3 cm³/mol. The van der Waals surface area contributed by atoms with Crippen molar-refractivity contribution in [2.75, 3.05) is 11.9 Å². The Hall–Kier alpha value is -3.49. The van der Waals surface area contributed by atoms with E-state index >= 15 is 0 Å². The Morgan fingerprint density at radius 3 is 2.07 bits per heavy atom. The molecule has 0 atom stereocenters. The van der Waals surface area contributed by atoms with Gasteiger partial charge < -0.3 is 9.15 Å². The van der Waals surface area contributed by atoms with Crippen molar-refractivity contribution in [1.82, 2.24) is 0 Å².